The molecule has 2 aromatic carbocycles. The molecule has 3 rings (SSSR count). The van der Waals surface area contributed by atoms with Crippen LogP contribution >= 0.6 is 11.6 Å². The van der Waals surface area contributed by atoms with Gasteiger partial charge in [0.1, 0.15) is 0 Å². The van der Waals surface area contributed by atoms with Crippen molar-refractivity contribution in [1.29, 1.82) is 0 Å². The lowest BCUT2D eigenvalue weighted by Gasteiger charge is -2.16. The predicted octanol–water partition coefficient (Wildman–Crippen LogP) is 3.07. The largest absolute Gasteiger partial charge is 0.348 e. The van der Waals surface area contributed by atoms with Gasteiger partial charge in [-0.1, -0.05) is 23.7 Å². The molecule has 0 spiro atoms. The van der Waals surface area contributed by atoms with Gasteiger partial charge in [-0.25, -0.2) is 0 Å². The number of rotatable bonds is 6. The summed E-state index contributed by atoms with van der Waals surface area (Å²) in [5, 5.41) is 6.03. The molecular formula is C21H22ClN3O3. The molecule has 7 heteroatoms. The number of nitrogens with zero attached hydrogens (tertiary/aromatic N) is 1. The summed E-state index contributed by atoms with van der Waals surface area (Å²) >= 11 is 5.97. The van der Waals surface area contributed by atoms with Crippen molar-refractivity contribution in [3.63, 3.8) is 0 Å². The summed E-state index contributed by atoms with van der Waals surface area (Å²) in [5.74, 6) is -0.535. The van der Waals surface area contributed by atoms with Gasteiger partial charge in [-0.3, -0.25) is 14.4 Å². The van der Waals surface area contributed by atoms with Crippen LogP contribution in [0, 0.1) is 0 Å². The lowest BCUT2D eigenvalue weighted by atomic mass is 10.1. The summed E-state index contributed by atoms with van der Waals surface area (Å²) in [5.41, 5.74) is 2.11. The molecule has 1 heterocycles. The minimum Gasteiger partial charge on any atom is -0.348 e. The molecule has 2 aromatic rings. The Bertz CT molecular complexity index is 883. The molecule has 1 aliphatic heterocycles. The number of nitrogens with one attached hydrogen (secondary N) is 2. The first-order valence-electron chi connectivity index (χ1n) is 9.17. The van der Waals surface area contributed by atoms with E-state index < -0.39 is 0 Å². The maximum absolute atomic E-state index is 12.3. The fourth-order valence-corrected chi connectivity index (χ4v) is 3.33. The van der Waals surface area contributed by atoms with Gasteiger partial charge in [-0.2, -0.15) is 0 Å². The SMILES string of the molecule is CC(NC(=O)CNC(=O)c1ccc(N2CCCC2=O)cc1)c1cccc(Cl)c1. The molecular weight excluding hydrogens is 378 g/mol. The highest BCUT2D eigenvalue weighted by Crippen LogP contribution is 2.21. The summed E-state index contributed by atoms with van der Waals surface area (Å²) < 4.78 is 0. The Morgan fingerprint density at radius 1 is 1.18 bits per heavy atom. The van der Waals surface area contributed by atoms with Crippen molar-refractivity contribution in [2.24, 2.45) is 0 Å². The highest BCUT2D eigenvalue weighted by Gasteiger charge is 2.21. The zero-order valence-electron chi connectivity index (χ0n) is 15.6. The molecule has 1 unspecified atom stereocenters. The molecule has 1 atom stereocenters. The number of amides is 3. The zero-order valence-corrected chi connectivity index (χ0v) is 16.3. The quantitative estimate of drug-likeness (QED) is 0.783. The molecule has 3 amide bonds. The van der Waals surface area contributed by atoms with Crippen LogP contribution in [0.5, 0.6) is 0 Å². The molecule has 1 saturated heterocycles. The molecule has 28 heavy (non-hydrogen) atoms. The maximum atomic E-state index is 12.3. The molecule has 0 radical (unpaired) electrons. The van der Waals surface area contributed by atoms with E-state index in [2.05, 4.69) is 10.6 Å². The third-order valence-electron chi connectivity index (χ3n) is 4.65. The van der Waals surface area contributed by atoms with Crippen LogP contribution in [0.3, 0.4) is 0 Å². The van der Waals surface area contributed by atoms with E-state index in [1.54, 1.807) is 41.3 Å². The molecule has 0 bridgehead atoms. The lowest BCUT2D eigenvalue weighted by Crippen LogP contribution is -2.38. The number of benzene rings is 2. The number of anilines is 1. The van der Waals surface area contributed by atoms with Crippen LogP contribution in [-0.4, -0.2) is 30.8 Å². The second-order valence-electron chi connectivity index (χ2n) is 6.72. The van der Waals surface area contributed by atoms with E-state index >= 15 is 0 Å². The Morgan fingerprint density at radius 3 is 2.57 bits per heavy atom. The van der Waals surface area contributed by atoms with Gasteiger partial charge in [0.05, 0.1) is 12.6 Å². The van der Waals surface area contributed by atoms with E-state index in [1.807, 2.05) is 19.1 Å². The summed E-state index contributed by atoms with van der Waals surface area (Å²) in [4.78, 5) is 37.9. The summed E-state index contributed by atoms with van der Waals surface area (Å²) in [6.45, 7) is 2.43. The topological polar surface area (TPSA) is 78.5 Å². The van der Waals surface area contributed by atoms with Crippen LogP contribution in [0.4, 0.5) is 5.69 Å². The van der Waals surface area contributed by atoms with Crippen molar-refractivity contribution in [1.82, 2.24) is 10.6 Å². The van der Waals surface area contributed by atoms with Gasteiger partial charge < -0.3 is 15.5 Å². The second-order valence-corrected chi connectivity index (χ2v) is 7.16. The molecule has 1 fully saturated rings. The molecule has 146 valence electrons. The van der Waals surface area contributed by atoms with E-state index in [0.29, 0.717) is 23.6 Å². The zero-order chi connectivity index (χ0) is 20.1. The third kappa shape index (κ3) is 4.89. The lowest BCUT2D eigenvalue weighted by molar-refractivity contribution is -0.120. The van der Waals surface area contributed by atoms with Crippen LogP contribution in [0.1, 0.15) is 41.7 Å². The Morgan fingerprint density at radius 2 is 1.93 bits per heavy atom. The summed E-state index contributed by atoms with van der Waals surface area (Å²) in [7, 11) is 0. The van der Waals surface area contributed by atoms with Gasteiger partial charge in [0.2, 0.25) is 11.8 Å². The fourth-order valence-electron chi connectivity index (χ4n) is 3.13. The smallest absolute Gasteiger partial charge is 0.251 e. The Labute approximate surface area is 168 Å². The van der Waals surface area contributed by atoms with Crippen LogP contribution in [0.2, 0.25) is 5.02 Å². The summed E-state index contributed by atoms with van der Waals surface area (Å²) in [6, 6.07) is 13.8. The highest BCUT2D eigenvalue weighted by molar-refractivity contribution is 6.30. The van der Waals surface area contributed by atoms with Gasteiger partial charge in [0, 0.05) is 29.2 Å². The average Bonchev–Trinajstić information content (AvgIpc) is 3.12. The van der Waals surface area contributed by atoms with E-state index in [1.165, 1.54) is 0 Å². The van der Waals surface area contributed by atoms with Gasteiger partial charge in [0.25, 0.3) is 5.91 Å². The van der Waals surface area contributed by atoms with Crippen LogP contribution in [0.15, 0.2) is 48.5 Å². The van der Waals surface area contributed by atoms with Gasteiger partial charge in [0.15, 0.2) is 0 Å². The van der Waals surface area contributed by atoms with Crippen molar-refractivity contribution in [3.8, 4) is 0 Å². The minimum atomic E-state index is -0.343. The van der Waals surface area contributed by atoms with Crippen LogP contribution in [-0.2, 0) is 9.59 Å². The molecule has 0 aromatic heterocycles. The van der Waals surface area contributed by atoms with E-state index in [-0.39, 0.29) is 30.3 Å². The van der Waals surface area contributed by atoms with Crippen LogP contribution < -0.4 is 15.5 Å². The van der Waals surface area contributed by atoms with E-state index in [9.17, 15) is 14.4 Å². The number of hydrogen-bond donors (Lipinski definition) is 2. The molecule has 0 saturated carbocycles. The second kappa shape index (κ2) is 8.89. The van der Waals surface area contributed by atoms with Crippen molar-refractivity contribution in [3.05, 3.63) is 64.7 Å². The van der Waals surface area contributed by atoms with Crippen molar-refractivity contribution in [2.75, 3.05) is 18.0 Å². The Balaban J connectivity index is 1.50. The highest BCUT2D eigenvalue weighted by atomic mass is 35.5. The number of halogens is 1. The van der Waals surface area contributed by atoms with Crippen molar-refractivity contribution in [2.45, 2.75) is 25.8 Å². The average molecular weight is 400 g/mol. The Kier molecular flexibility index (Phi) is 6.31. The molecule has 6 nitrogen and oxygen atoms in total. The maximum Gasteiger partial charge on any atom is 0.251 e. The van der Waals surface area contributed by atoms with E-state index in [0.717, 1.165) is 17.7 Å². The number of hydrogen-bond acceptors (Lipinski definition) is 3. The van der Waals surface area contributed by atoms with E-state index in [4.69, 9.17) is 11.6 Å². The molecule has 0 aliphatic carbocycles. The first kappa shape index (κ1) is 19.9. The minimum absolute atomic E-state index is 0.0997. The molecule has 2 N–H and O–H groups in total. The van der Waals surface area contributed by atoms with Gasteiger partial charge >= 0.3 is 0 Å². The summed E-state index contributed by atoms with van der Waals surface area (Å²) in [6.07, 6.45) is 1.41. The van der Waals surface area contributed by atoms with Crippen molar-refractivity contribution < 1.29 is 14.4 Å². The Hall–Kier alpha value is -2.86. The van der Waals surface area contributed by atoms with Crippen molar-refractivity contribution >= 4 is 35.0 Å². The predicted molar refractivity (Wildman–Crippen MR) is 108 cm³/mol. The van der Waals surface area contributed by atoms with Gasteiger partial charge in [-0.15, -0.1) is 0 Å². The standard InChI is InChI=1S/C21H22ClN3O3/c1-14(16-4-2-5-17(22)12-16)24-19(26)13-23-21(28)15-7-9-18(10-8-15)25-11-3-6-20(25)27/h2,4-5,7-10,12,14H,3,6,11,13H2,1H3,(H,23,28)(H,24,26). The number of carbonyl (C=O) groups excluding carboxylic acids is 3. The monoisotopic (exact) mass is 399 g/mol. The normalized spacial score (nSPS) is 14.6. The van der Waals surface area contributed by atoms with Gasteiger partial charge in [-0.05, 0) is 55.3 Å². The number of carbonyl (C=O) groups is 3. The van der Waals surface area contributed by atoms with Crippen LogP contribution in [0.25, 0.3) is 0 Å². The first-order valence-corrected chi connectivity index (χ1v) is 9.55. The third-order valence-corrected chi connectivity index (χ3v) is 4.89. The first-order chi connectivity index (χ1) is 13.4. The molecule has 1 aliphatic rings. The fraction of sp³-hybridized carbons (Fsp3) is 0.286.